The second-order valence-corrected chi connectivity index (χ2v) is 6.31. The van der Waals surface area contributed by atoms with E-state index in [2.05, 4.69) is 29.5 Å². The SMILES string of the molecule is CCCn1nc(CNC(=O)c2cccc(N(C)C)c2)c2ccccc21. The number of anilines is 1. The number of aryl methyl sites for hydroxylation is 1. The van der Waals surface area contributed by atoms with Crippen molar-refractivity contribution in [2.45, 2.75) is 26.4 Å². The van der Waals surface area contributed by atoms with Crippen molar-refractivity contribution >= 4 is 22.5 Å². The minimum atomic E-state index is -0.0853. The molecule has 3 rings (SSSR count). The van der Waals surface area contributed by atoms with Gasteiger partial charge in [-0.1, -0.05) is 31.2 Å². The maximum absolute atomic E-state index is 12.5. The molecule has 2 aromatic carbocycles. The molecule has 0 aliphatic carbocycles. The van der Waals surface area contributed by atoms with Gasteiger partial charge < -0.3 is 10.2 Å². The van der Waals surface area contributed by atoms with Crippen LogP contribution in [0.15, 0.2) is 48.5 Å². The molecule has 130 valence electrons. The number of nitrogens with zero attached hydrogens (tertiary/aromatic N) is 3. The van der Waals surface area contributed by atoms with Crippen molar-refractivity contribution in [1.82, 2.24) is 15.1 Å². The van der Waals surface area contributed by atoms with E-state index < -0.39 is 0 Å². The molecule has 1 amide bonds. The van der Waals surface area contributed by atoms with Gasteiger partial charge in [-0.05, 0) is 30.7 Å². The van der Waals surface area contributed by atoms with Gasteiger partial charge in [0.1, 0.15) is 0 Å². The van der Waals surface area contributed by atoms with Crippen LogP contribution in [0.25, 0.3) is 10.9 Å². The molecule has 0 radical (unpaired) electrons. The van der Waals surface area contributed by atoms with E-state index in [1.54, 1.807) is 0 Å². The predicted octanol–water partition coefficient (Wildman–Crippen LogP) is 3.44. The van der Waals surface area contributed by atoms with E-state index in [1.807, 2.05) is 60.1 Å². The summed E-state index contributed by atoms with van der Waals surface area (Å²) < 4.78 is 2.02. The molecule has 1 N–H and O–H groups in total. The van der Waals surface area contributed by atoms with Crippen molar-refractivity contribution in [3.05, 3.63) is 59.8 Å². The number of hydrogen-bond acceptors (Lipinski definition) is 3. The van der Waals surface area contributed by atoms with Gasteiger partial charge in [-0.2, -0.15) is 5.10 Å². The first-order valence-electron chi connectivity index (χ1n) is 8.60. The minimum Gasteiger partial charge on any atom is -0.378 e. The Balaban J connectivity index is 1.78. The third-order valence-corrected chi connectivity index (χ3v) is 4.21. The fraction of sp³-hybridized carbons (Fsp3) is 0.300. The Hall–Kier alpha value is -2.82. The van der Waals surface area contributed by atoms with Gasteiger partial charge in [-0.25, -0.2) is 0 Å². The van der Waals surface area contributed by atoms with Crippen molar-refractivity contribution < 1.29 is 4.79 Å². The molecule has 0 spiro atoms. The first-order chi connectivity index (χ1) is 12.1. The second-order valence-electron chi connectivity index (χ2n) is 6.31. The third-order valence-electron chi connectivity index (χ3n) is 4.21. The molecule has 0 saturated heterocycles. The Morgan fingerprint density at radius 2 is 1.96 bits per heavy atom. The number of carbonyl (C=O) groups excluding carboxylic acids is 1. The van der Waals surface area contributed by atoms with Crippen molar-refractivity contribution in [3.63, 3.8) is 0 Å². The number of para-hydroxylation sites is 1. The summed E-state index contributed by atoms with van der Waals surface area (Å²) in [6, 6.07) is 15.8. The first-order valence-corrected chi connectivity index (χ1v) is 8.60. The van der Waals surface area contributed by atoms with E-state index in [-0.39, 0.29) is 5.91 Å². The average molecular weight is 336 g/mol. The van der Waals surface area contributed by atoms with Gasteiger partial charge in [0.15, 0.2) is 0 Å². The number of carbonyl (C=O) groups is 1. The number of amides is 1. The number of nitrogens with one attached hydrogen (secondary N) is 1. The summed E-state index contributed by atoms with van der Waals surface area (Å²) in [4.78, 5) is 14.5. The molecule has 25 heavy (non-hydrogen) atoms. The summed E-state index contributed by atoms with van der Waals surface area (Å²) in [7, 11) is 3.92. The Morgan fingerprint density at radius 1 is 1.16 bits per heavy atom. The molecule has 0 saturated carbocycles. The summed E-state index contributed by atoms with van der Waals surface area (Å²) in [6.45, 7) is 3.43. The predicted molar refractivity (Wildman–Crippen MR) is 102 cm³/mol. The second kappa shape index (κ2) is 7.38. The van der Waals surface area contributed by atoms with E-state index in [9.17, 15) is 4.79 Å². The van der Waals surface area contributed by atoms with Gasteiger partial charge in [0.05, 0.1) is 17.8 Å². The lowest BCUT2D eigenvalue weighted by molar-refractivity contribution is 0.0950. The summed E-state index contributed by atoms with van der Waals surface area (Å²) in [6.07, 6.45) is 1.02. The van der Waals surface area contributed by atoms with E-state index in [4.69, 9.17) is 0 Å². The molecule has 0 atom stereocenters. The molecular weight excluding hydrogens is 312 g/mol. The van der Waals surface area contributed by atoms with E-state index in [1.165, 1.54) is 0 Å². The molecule has 3 aromatic rings. The van der Waals surface area contributed by atoms with E-state index >= 15 is 0 Å². The number of aromatic nitrogens is 2. The summed E-state index contributed by atoms with van der Waals surface area (Å²) in [5.41, 5.74) is 3.68. The fourth-order valence-electron chi connectivity index (χ4n) is 2.90. The van der Waals surface area contributed by atoms with Crippen molar-refractivity contribution in [2.24, 2.45) is 0 Å². The molecule has 1 aromatic heterocycles. The standard InChI is InChI=1S/C20H24N4O/c1-4-12-24-19-11-6-5-10-17(19)18(22-24)14-21-20(25)15-8-7-9-16(13-15)23(2)3/h5-11,13H,4,12,14H2,1-3H3,(H,21,25). The van der Waals surface area contributed by atoms with E-state index in [0.717, 1.165) is 35.2 Å². The smallest absolute Gasteiger partial charge is 0.251 e. The quantitative estimate of drug-likeness (QED) is 0.750. The van der Waals surface area contributed by atoms with Gasteiger partial charge >= 0.3 is 0 Å². The van der Waals surface area contributed by atoms with Crippen LogP contribution >= 0.6 is 0 Å². The number of rotatable bonds is 6. The van der Waals surface area contributed by atoms with Crippen LogP contribution < -0.4 is 10.2 Å². The normalized spacial score (nSPS) is 10.8. The zero-order valence-corrected chi connectivity index (χ0v) is 15.0. The van der Waals surface area contributed by atoms with Crippen LogP contribution in [0.5, 0.6) is 0 Å². The molecule has 5 heteroatoms. The number of benzene rings is 2. The van der Waals surface area contributed by atoms with Gasteiger partial charge in [-0.3, -0.25) is 9.48 Å². The van der Waals surface area contributed by atoms with Crippen LogP contribution in [-0.4, -0.2) is 29.8 Å². The summed E-state index contributed by atoms with van der Waals surface area (Å²) in [5, 5.41) is 8.78. The number of hydrogen-bond donors (Lipinski definition) is 1. The lowest BCUT2D eigenvalue weighted by atomic mass is 10.1. The molecule has 5 nitrogen and oxygen atoms in total. The molecule has 0 unspecified atom stereocenters. The summed E-state index contributed by atoms with van der Waals surface area (Å²) >= 11 is 0. The third kappa shape index (κ3) is 3.65. The summed E-state index contributed by atoms with van der Waals surface area (Å²) in [5.74, 6) is -0.0853. The molecule has 0 fully saturated rings. The van der Waals surface area contributed by atoms with Gasteiger partial charge in [-0.15, -0.1) is 0 Å². The van der Waals surface area contributed by atoms with Crippen LogP contribution in [0.3, 0.4) is 0 Å². The Labute approximate surface area is 148 Å². The van der Waals surface area contributed by atoms with Gasteiger partial charge in [0.2, 0.25) is 0 Å². The van der Waals surface area contributed by atoms with Gasteiger partial charge in [0, 0.05) is 37.3 Å². The van der Waals surface area contributed by atoms with Crippen LogP contribution in [0.2, 0.25) is 0 Å². The molecular formula is C20H24N4O. The Morgan fingerprint density at radius 3 is 2.72 bits per heavy atom. The zero-order chi connectivity index (χ0) is 17.8. The zero-order valence-electron chi connectivity index (χ0n) is 15.0. The molecule has 0 aliphatic heterocycles. The largest absolute Gasteiger partial charge is 0.378 e. The van der Waals surface area contributed by atoms with Crippen molar-refractivity contribution in [2.75, 3.05) is 19.0 Å². The highest BCUT2D eigenvalue weighted by molar-refractivity contribution is 5.95. The lowest BCUT2D eigenvalue weighted by Gasteiger charge is -2.13. The van der Waals surface area contributed by atoms with Crippen LogP contribution in [0.1, 0.15) is 29.4 Å². The highest BCUT2D eigenvalue weighted by atomic mass is 16.1. The van der Waals surface area contributed by atoms with Crippen LogP contribution in [-0.2, 0) is 13.1 Å². The number of fused-ring (bicyclic) bond motifs is 1. The maximum Gasteiger partial charge on any atom is 0.251 e. The fourth-order valence-corrected chi connectivity index (χ4v) is 2.90. The Bertz CT molecular complexity index is 882. The first kappa shape index (κ1) is 17.0. The Kier molecular flexibility index (Phi) is 5.03. The highest BCUT2D eigenvalue weighted by Gasteiger charge is 2.12. The topological polar surface area (TPSA) is 50.2 Å². The van der Waals surface area contributed by atoms with Crippen molar-refractivity contribution in [3.8, 4) is 0 Å². The lowest BCUT2D eigenvalue weighted by Crippen LogP contribution is -2.23. The van der Waals surface area contributed by atoms with Crippen molar-refractivity contribution in [1.29, 1.82) is 0 Å². The molecule has 1 heterocycles. The average Bonchev–Trinajstić information content (AvgIpc) is 2.98. The van der Waals surface area contributed by atoms with Crippen LogP contribution in [0, 0.1) is 0 Å². The molecule has 0 aliphatic rings. The minimum absolute atomic E-state index is 0.0853. The van der Waals surface area contributed by atoms with Gasteiger partial charge in [0.25, 0.3) is 5.91 Å². The maximum atomic E-state index is 12.5. The van der Waals surface area contributed by atoms with E-state index in [0.29, 0.717) is 12.1 Å². The molecule has 0 bridgehead atoms. The van der Waals surface area contributed by atoms with Crippen LogP contribution in [0.4, 0.5) is 5.69 Å². The monoisotopic (exact) mass is 336 g/mol. The highest BCUT2D eigenvalue weighted by Crippen LogP contribution is 2.19.